The number of carbonyl (C=O) groups excluding carboxylic acids is 1. The first-order chi connectivity index (χ1) is 12.5. The molecule has 1 N–H and O–H groups in total. The van der Waals surface area contributed by atoms with E-state index in [4.69, 9.17) is 0 Å². The van der Waals surface area contributed by atoms with Crippen molar-refractivity contribution in [3.63, 3.8) is 0 Å². The molecule has 1 amide bonds. The molecule has 3 rings (SSSR count). The fraction of sp³-hybridized carbons (Fsp3) is 0.250. The normalized spacial score (nSPS) is 15.3. The van der Waals surface area contributed by atoms with Gasteiger partial charge in [-0.15, -0.1) is 0 Å². The van der Waals surface area contributed by atoms with Crippen LogP contribution in [0.1, 0.15) is 18.9 Å². The van der Waals surface area contributed by atoms with Crippen LogP contribution >= 0.6 is 0 Å². The second-order valence-electron chi connectivity index (χ2n) is 6.12. The van der Waals surface area contributed by atoms with E-state index in [1.807, 2.05) is 31.2 Å². The minimum atomic E-state index is -3.52. The molecule has 1 heterocycles. The number of para-hydroxylation sites is 1. The Morgan fingerprint density at radius 2 is 1.77 bits per heavy atom. The molecule has 0 saturated heterocycles. The fourth-order valence-electron chi connectivity index (χ4n) is 2.97. The van der Waals surface area contributed by atoms with Crippen LogP contribution in [0.25, 0.3) is 0 Å². The van der Waals surface area contributed by atoms with Crippen molar-refractivity contribution in [3.05, 3.63) is 71.8 Å². The summed E-state index contributed by atoms with van der Waals surface area (Å²) in [6, 6.07) is 16.1. The minimum absolute atomic E-state index is 0.164. The first-order valence-electron chi connectivity index (χ1n) is 8.66. The molecule has 0 fully saturated rings. The van der Waals surface area contributed by atoms with Crippen LogP contribution in [0.15, 0.2) is 71.1 Å². The van der Waals surface area contributed by atoms with Crippen molar-refractivity contribution in [1.82, 2.24) is 4.31 Å². The number of sulfonamides is 1. The number of aryl methyl sites for hydroxylation is 1. The molecule has 2 aromatic carbocycles. The highest BCUT2D eigenvalue weighted by molar-refractivity contribution is 7.89. The number of carbonyl (C=O) groups is 1. The Bertz CT molecular complexity index is 921. The molecule has 1 aliphatic rings. The van der Waals surface area contributed by atoms with Gasteiger partial charge >= 0.3 is 0 Å². The summed E-state index contributed by atoms with van der Waals surface area (Å²) in [7, 11) is -3.52. The summed E-state index contributed by atoms with van der Waals surface area (Å²) in [5.74, 6) is -0.164. The molecule has 0 unspecified atom stereocenters. The van der Waals surface area contributed by atoms with Gasteiger partial charge in [-0.1, -0.05) is 49.4 Å². The van der Waals surface area contributed by atoms with Crippen molar-refractivity contribution in [2.75, 3.05) is 18.4 Å². The molecule has 0 atom stereocenters. The molecule has 0 spiro atoms. The molecule has 0 radical (unpaired) electrons. The Morgan fingerprint density at radius 3 is 2.42 bits per heavy atom. The molecule has 2 aromatic rings. The molecule has 1 aliphatic heterocycles. The number of benzene rings is 2. The van der Waals surface area contributed by atoms with Gasteiger partial charge in [0, 0.05) is 24.4 Å². The number of amides is 1. The first-order valence-corrected chi connectivity index (χ1v) is 10.1. The maximum atomic E-state index is 12.6. The van der Waals surface area contributed by atoms with Gasteiger partial charge in [0.05, 0.1) is 4.90 Å². The summed E-state index contributed by atoms with van der Waals surface area (Å²) < 4.78 is 26.7. The molecule has 0 saturated carbocycles. The Hall–Kier alpha value is -2.44. The van der Waals surface area contributed by atoms with E-state index >= 15 is 0 Å². The van der Waals surface area contributed by atoms with Gasteiger partial charge in [-0.25, -0.2) is 8.42 Å². The zero-order valence-electron chi connectivity index (χ0n) is 14.7. The quantitative estimate of drug-likeness (QED) is 0.879. The molecule has 0 bridgehead atoms. The van der Waals surface area contributed by atoms with E-state index in [9.17, 15) is 13.2 Å². The van der Waals surface area contributed by atoms with Gasteiger partial charge in [0.1, 0.15) is 0 Å². The number of nitrogens with one attached hydrogen (secondary N) is 1. The third-order valence-electron chi connectivity index (χ3n) is 4.49. The van der Waals surface area contributed by atoms with E-state index in [2.05, 4.69) is 5.32 Å². The number of hydrogen-bond acceptors (Lipinski definition) is 3. The van der Waals surface area contributed by atoms with Crippen LogP contribution in [0.2, 0.25) is 0 Å². The van der Waals surface area contributed by atoms with Gasteiger partial charge in [-0.2, -0.15) is 4.31 Å². The van der Waals surface area contributed by atoms with E-state index in [1.54, 1.807) is 36.4 Å². The molecular formula is C20H22N2O3S. The monoisotopic (exact) mass is 370 g/mol. The Labute approximate surface area is 154 Å². The Balaban J connectivity index is 1.70. The van der Waals surface area contributed by atoms with Crippen LogP contribution in [0.5, 0.6) is 0 Å². The first kappa shape index (κ1) is 18.4. The van der Waals surface area contributed by atoms with E-state index in [-0.39, 0.29) is 17.3 Å². The van der Waals surface area contributed by atoms with Crippen molar-refractivity contribution in [2.24, 2.45) is 0 Å². The molecule has 136 valence electrons. The van der Waals surface area contributed by atoms with Gasteiger partial charge < -0.3 is 5.32 Å². The highest BCUT2D eigenvalue weighted by Crippen LogP contribution is 2.22. The molecule has 6 heteroatoms. The van der Waals surface area contributed by atoms with Gasteiger partial charge in [0.25, 0.3) is 5.91 Å². The predicted molar refractivity (Wildman–Crippen MR) is 102 cm³/mol. The lowest BCUT2D eigenvalue weighted by Crippen LogP contribution is -2.36. The van der Waals surface area contributed by atoms with Crippen LogP contribution in [-0.4, -0.2) is 31.7 Å². The van der Waals surface area contributed by atoms with E-state index in [0.29, 0.717) is 18.5 Å². The van der Waals surface area contributed by atoms with Crippen molar-refractivity contribution in [2.45, 2.75) is 24.7 Å². The van der Waals surface area contributed by atoms with Crippen LogP contribution in [-0.2, 0) is 21.2 Å². The van der Waals surface area contributed by atoms with Crippen LogP contribution in [0.3, 0.4) is 0 Å². The van der Waals surface area contributed by atoms with Crippen LogP contribution in [0, 0.1) is 0 Å². The second-order valence-corrected chi connectivity index (χ2v) is 8.06. The summed E-state index contributed by atoms with van der Waals surface area (Å²) in [6.45, 7) is 2.54. The average molecular weight is 370 g/mol. The number of anilines is 1. The average Bonchev–Trinajstić information content (AvgIpc) is 2.69. The SMILES string of the molecule is CCc1ccccc1NC(=O)C1=CCN(S(=O)(=O)c2ccccc2)CC1. The summed E-state index contributed by atoms with van der Waals surface area (Å²) in [6.07, 6.45) is 2.93. The standard InChI is InChI=1S/C20H22N2O3S/c1-2-16-8-6-7-11-19(16)21-20(23)17-12-14-22(15-13-17)26(24,25)18-9-4-3-5-10-18/h3-12H,2,13-15H2,1H3,(H,21,23). The highest BCUT2D eigenvalue weighted by Gasteiger charge is 2.27. The van der Waals surface area contributed by atoms with Crippen molar-refractivity contribution in [3.8, 4) is 0 Å². The predicted octanol–water partition coefficient (Wildman–Crippen LogP) is 3.21. The number of nitrogens with zero attached hydrogens (tertiary/aromatic N) is 1. The minimum Gasteiger partial charge on any atom is -0.322 e. The summed E-state index contributed by atoms with van der Waals surface area (Å²) in [4.78, 5) is 12.8. The summed E-state index contributed by atoms with van der Waals surface area (Å²) >= 11 is 0. The van der Waals surface area contributed by atoms with Crippen molar-refractivity contribution < 1.29 is 13.2 Å². The van der Waals surface area contributed by atoms with Gasteiger partial charge in [0.2, 0.25) is 10.0 Å². The third kappa shape index (κ3) is 3.86. The van der Waals surface area contributed by atoms with Gasteiger partial charge in [-0.3, -0.25) is 4.79 Å². The molecular weight excluding hydrogens is 348 g/mol. The lowest BCUT2D eigenvalue weighted by molar-refractivity contribution is -0.113. The topological polar surface area (TPSA) is 66.5 Å². The number of hydrogen-bond donors (Lipinski definition) is 1. The van der Waals surface area contributed by atoms with E-state index < -0.39 is 10.0 Å². The smallest absolute Gasteiger partial charge is 0.251 e. The summed E-state index contributed by atoms with van der Waals surface area (Å²) in [5.41, 5.74) is 2.50. The van der Waals surface area contributed by atoms with Gasteiger partial charge in [-0.05, 0) is 36.6 Å². The van der Waals surface area contributed by atoms with Crippen molar-refractivity contribution >= 4 is 21.6 Å². The zero-order chi connectivity index (χ0) is 18.6. The lowest BCUT2D eigenvalue weighted by Gasteiger charge is -2.25. The van der Waals surface area contributed by atoms with E-state index in [1.165, 1.54) is 4.31 Å². The largest absolute Gasteiger partial charge is 0.322 e. The Kier molecular flexibility index (Phi) is 5.54. The zero-order valence-corrected chi connectivity index (χ0v) is 15.5. The maximum absolute atomic E-state index is 12.6. The molecule has 26 heavy (non-hydrogen) atoms. The second kappa shape index (κ2) is 7.85. The summed E-state index contributed by atoms with van der Waals surface area (Å²) in [5, 5.41) is 2.94. The molecule has 5 nitrogen and oxygen atoms in total. The maximum Gasteiger partial charge on any atom is 0.251 e. The third-order valence-corrected chi connectivity index (χ3v) is 6.37. The molecule has 0 aromatic heterocycles. The van der Waals surface area contributed by atoms with Crippen molar-refractivity contribution in [1.29, 1.82) is 0 Å². The Morgan fingerprint density at radius 1 is 1.08 bits per heavy atom. The van der Waals surface area contributed by atoms with E-state index in [0.717, 1.165) is 17.7 Å². The fourth-order valence-corrected chi connectivity index (χ4v) is 4.37. The lowest BCUT2D eigenvalue weighted by atomic mass is 10.1. The molecule has 0 aliphatic carbocycles. The van der Waals surface area contributed by atoms with Crippen LogP contribution in [0.4, 0.5) is 5.69 Å². The number of rotatable bonds is 5. The van der Waals surface area contributed by atoms with Gasteiger partial charge in [0.15, 0.2) is 0 Å². The highest BCUT2D eigenvalue weighted by atomic mass is 32.2. The van der Waals surface area contributed by atoms with Crippen LogP contribution < -0.4 is 5.32 Å².